The van der Waals surface area contributed by atoms with Crippen LogP contribution in [-0.4, -0.2) is 38.7 Å². The first-order valence-corrected chi connectivity index (χ1v) is 9.64. The van der Waals surface area contributed by atoms with Crippen LogP contribution in [0.3, 0.4) is 0 Å². The van der Waals surface area contributed by atoms with Crippen molar-refractivity contribution in [3.63, 3.8) is 0 Å². The molecule has 0 radical (unpaired) electrons. The molecule has 7 nitrogen and oxygen atoms in total. The van der Waals surface area contributed by atoms with Crippen molar-refractivity contribution in [2.75, 3.05) is 26.1 Å². The molecular weight excluding hydrogens is 406 g/mol. The zero-order chi connectivity index (χ0) is 20.3. The second-order valence-electron chi connectivity index (χ2n) is 6.02. The molecule has 0 bridgehead atoms. The summed E-state index contributed by atoms with van der Waals surface area (Å²) >= 11 is 7.26. The van der Waals surface area contributed by atoms with Gasteiger partial charge in [0.05, 0.1) is 30.7 Å². The van der Waals surface area contributed by atoms with Crippen molar-refractivity contribution in [1.82, 2.24) is 0 Å². The molecule has 2 aromatic rings. The van der Waals surface area contributed by atoms with E-state index in [1.165, 1.54) is 25.6 Å². The van der Waals surface area contributed by atoms with Gasteiger partial charge < -0.3 is 19.5 Å². The average Bonchev–Trinajstić information content (AvgIpc) is 3.24. The third kappa shape index (κ3) is 3.98. The zero-order valence-corrected chi connectivity index (χ0v) is 16.8. The molecule has 1 aromatic carbocycles. The second-order valence-corrected chi connectivity index (χ2v) is 7.53. The summed E-state index contributed by atoms with van der Waals surface area (Å²) in [7, 11) is 2.56. The van der Waals surface area contributed by atoms with Crippen LogP contribution in [-0.2, 0) is 25.5 Å². The number of esters is 2. The fourth-order valence-corrected chi connectivity index (χ4v) is 4.57. The van der Waals surface area contributed by atoms with Crippen molar-refractivity contribution < 1.29 is 28.6 Å². The quantitative estimate of drug-likeness (QED) is 0.716. The van der Waals surface area contributed by atoms with Crippen LogP contribution in [0.1, 0.15) is 33.1 Å². The minimum atomic E-state index is -0.615. The minimum Gasteiger partial charge on any atom is -0.482 e. The lowest BCUT2D eigenvalue weighted by atomic mass is 9.99. The summed E-state index contributed by atoms with van der Waals surface area (Å²) in [6, 6.07) is 6.80. The number of ether oxygens (including phenoxy) is 3. The standard InChI is InChI=1S/C19H18ClNO6S/c1-25-18(23)10-7-8-13-15(10)16(19(24)26-2)17(28-13)21-14(22)9-27-12-6-4-3-5-11(12)20/h3-6,10H,7-9H2,1-2H3,(H,21,22)/t10-/m0/s1. The Kier molecular flexibility index (Phi) is 6.21. The molecule has 0 spiro atoms. The number of halogens is 1. The summed E-state index contributed by atoms with van der Waals surface area (Å²) in [5, 5.41) is 3.40. The van der Waals surface area contributed by atoms with Crippen molar-refractivity contribution in [2.24, 2.45) is 0 Å². The van der Waals surface area contributed by atoms with Gasteiger partial charge in [0, 0.05) is 4.88 Å². The molecule has 1 N–H and O–H groups in total. The van der Waals surface area contributed by atoms with Gasteiger partial charge in [-0.2, -0.15) is 0 Å². The number of methoxy groups -OCH3 is 2. The molecule has 0 saturated carbocycles. The topological polar surface area (TPSA) is 90.9 Å². The number of rotatable bonds is 6. The van der Waals surface area contributed by atoms with Crippen LogP contribution in [0, 0.1) is 0 Å². The van der Waals surface area contributed by atoms with Gasteiger partial charge in [0.1, 0.15) is 10.8 Å². The van der Waals surface area contributed by atoms with E-state index in [4.69, 9.17) is 25.8 Å². The van der Waals surface area contributed by atoms with Crippen molar-refractivity contribution in [2.45, 2.75) is 18.8 Å². The first-order valence-electron chi connectivity index (χ1n) is 8.45. The minimum absolute atomic E-state index is 0.196. The predicted octanol–water partition coefficient (Wildman–Crippen LogP) is 3.41. The van der Waals surface area contributed by atoms with Gasteiger partial charge in [0.2, 0.25) is 0 Å². The van der Waals surface area contributed by atoms with Crippen molar-refractivity contribution >= 4 is 45.8 Å². The number of nitrogens with one attached hydrogen (secondary N) is 1. The molecule has 1 atom stereocenters. The number of hydrogen-bond donors (Lipinski definition) is 1. The molecule has 0 fully saturated rings. The summed E-state index contributed by atoms with van der Waals surface area (Å²) in [6.07, 6.45) is 1.18. The summed E-state index contributed by atoms with van der Waals surface area (Å²) in [4.78, 5) is 37.6. The molecule has 0 aliphatic heterocycles. The Labute approximate surface area is 170 Å². The molecule has 1 amide bonds. The first-order chi connectivity index (χ1) is 13.5. The highest BCUT2D eigenvalue weighted by Crippen LogP contribution is 2.45. The number of aryl methyl sites for hydroxylation is 1. The van der Waals surface area contributed by atoms with E-state index in [-0.39, 0.29) is 12.2 Å². The molecule has 28 heavy (non-hydrogen) atoms. The SMILES string of the molecule is COC(=O)c1c(NC(=O)COc2ccccc2Cl)sc2c1[C@@H](C(=O)OC)CC2. The molecule has 1 aliphatic rings. The Balaban J connectivity index is 1.80. The van der Waals surface area contributed by atoms with Gasteiger partial charge in [-0.05, 0) is 30.5 Å². The molecule has 1 heterocycles. The molecule has 3 rings (SSSR count). The van der Waals surface area contributed by atoms with Crippen molar-refractivity contribution in [3.8, 4) is 5.75 Å². The third-order valence-electron chi connectivity index (χ3n) is 4.35. The van der Waals surface area contributed by atoms with Gasteiger partial charge in [-0.3, -0.25) is 9.59 Å². The largest absolute Gasteiger partial charge is 0.482 e. The highest BCUT2D eigenvalue weighted by molar-refractivity contribution is 7.17. The number of fused-ring (bicyclic) bond motifs is 1. The Bertz CT molecular complexity index is 925. The Hall–Kier alpha value is -2.58. The molecule has 0 saturated heterocycles. The lowest BCUT2D eigenvalue weighted by molar-refractivity contribution is -0.142. The van der Waals surface area contributed by atoms with E-state index >= 15 is 0 Å². The summed E-state index contributed by atoms with van der Waals surface area (Å²) in [5.41, 5.74) is 0.771. The van der Waals surface area contributed by atoms with Crippen LogP contribution >= 0.6 is 22.9 Å². The van der Waals surface area contributed by atoms with Crippen LogP contribution in [0.2, 0.25) is 5.02 Å². The van der Waals surface area contributed by atoms with E-state index < -0.39 is 23.8 Å². The van der Waals surface area contributed by atoms with Crippen LogP contribution in [0.4, 0.5) is 5.00 Å². The Morgan fingerprint density at radius 3 is 2.64 bits per heavy atom. The number of para-hydroxylation sites is 1. The number of carbonyl (C=O) groups is 3. The van der Waals surface area contributed by atoms with Crippen LogP contribution in [0.15, 0.2) is 24.3 Å². The van der Waals surface area contributed by atoms with Crippen molar-refractivity contribution in [3.05, 3.63) is 45.3 Å². The monoisotopic (exact) mass is 423 g/mol. The predicted molar refractivity (Wildman–Crippen MR) is 104 cm³/mol. The Morgan fingerprint density at radius 1 is 1.21 bits per heavy atom. The van der Waals surface area contributed by atoms with Crippen LogP contribution < -0.4 is 10.1 Å². The second kappa shape index (κ2) is 8.62. The Morgan fingerprint density at radius 2 is 1.96 bits per heavy atom. The van der Waals surface area contributed by atoms with E-state index in [9.17, 15) is 14.4 Å². The number of benzene rings is 1. The van der Waals surface area contributed by atoms with Gasteiger partial charge in [0.15, 0.2) is 6.61 Å². The maximum absolute atomic E-state index is 12.3. The first kappa shape index (κ1) is 20.2. The highest BCUT2D eigenvalue weighted by atomic mass is 35.5. The fourth-order valence-electron chi connectivity index (χ4n) is 3.10. The number of thiophene rings is 1. The molecular formula is C19H18ClNO6S. The fraction of sp³-hybridized carbons (Fsp3) is 0.316. The maximum atomic E-state index is 12.3. The van der Waals surface area contributed by atoms with Gasteiger partial charge in [0.25, 0.3) is 5.91 Å². The molecule has 148 valence electrons. The van der Waals surface area contributed by atoms with Crippen LogP contribution in [0.25, 0.3) is 0 Å². The molecule has 9 heteroatoms. The van der Waals surface area contributed by atoms with E-state index in [0.717, 1.165) is 4.88 Å². The zero-order valence-electron chi connectivity index (χ0n) is 15.2. The lowest BCUT2D eigenvalue weighted by Gasteiger charge is -2.12. The van der Waals surface area contributed by atoms with E-state index in [2.05, 4.69) is 5.32 Å². The van der Waals surface area contributed by atoms with Gasteiger partial charge in [-0.1, -0.05) is 23.7 Å². The van der Waals surface area contributed by atoms with E-state index in [1.807, 2.05) is 0 Å². The lowest BCUT2D eigenvalue weighted by Crippen LogP contribution is -2.22. The van der Waals surface area contributed by atoms with Gasteiger partial charge >= 0.3 is 11.9 Å². The smallest absolute Gasteiger partial charge is 0.341 e. The summed E-state index contributed by atoms with van der Waals surface area (Å²) in [6.45, 7) is -0.284. The number of amides is 1. The number of anilines is 1. The summed E-state index contributed by atoms with van der Waals surface area (Å²) < 4.78 is 15.1. The molecule has 1 aliphatic carbocycles. The molecule has 0 unspecified atom stereocenters. The normalized spacial score (nSPS) is 14.9. The number of hydrogen-bond acceptors (Lipinski definition) is 7. The molecule has 1 aromatic heterocycles. The maximum Gasteiger partial charge on any atom is 0.341 e. The van der Waals surface area contributed by atoms with E-state index in [0.29, 0.717) is 34.2 Å². The van der Waals surface area contributed by atoms with Crippen LogP contribution in [0.5, 0.6) is 5.75 Å². The summed E-state index contributed by atoms with van der Waals surface area (Å²) in [5.74, 6) is -1.65. The van der Waals surface area contributed by atoms with Gasteiger partial charge in [-0.15, -0.1) is 11.3 Å². The number of carbonyl (C=O) groups excluding carboxylic acids is 3. The third-order valence-corrected chi connectivity index (χ3v) is 5.85. The van der Waals surface area contributed by atoms with E-state index in [1.54, 1.807) is 24.3 Å². The average molecular weight is 424 g/mol. The highest BCUT2D eigenvalue weighted by Gasteiger charge is 2.38. The van der Waals surface area contributed by atoms with Crippen molar-refractivity contribution in [1.29, 1.82) is 0 Å². The van der Waals surface area contributed by atoms with Gasteiger partial charge in [-0.25, -0.2) is 4.79 Å².